The molecule has 5 heteroatoms. The van der Waals surface area contributed by atoms with E-state index in [1.807, 2.05) is 13.8 Å². The first-order chi connectivity index (χ1) is 7.59. The summed E-state index contributed by atoms with van der Waals surface area (Å²) in [5, 5.41) is 5.14. The Labute approximate surface area is 95.9 Å². The fourth-order valence-corrected chi connectivity index (χ4v) is 1.47. The summed E-state index contributed by atoms with van der Waals surface area (Å²) < 4.78 is 5.33. The van der Waals surface area contributed by atoms with Gasteiger partial charge in [-0.1, -0.05) is 13.8 Å². The van der Waals surface area contributed by atoms with Gasteiger partial charge in [-0.25, -0.2) is 0 Å². The van der Waals surface area contributed by atoms with Gasteiger partial charge in [0.1, 0.15) is 0 Å². The quantitative estimate of drug-likeness (QED) is 0.668. The Balaban J connectivity index is 2.15. The summed E-state index contributed by atoms with van der Waals surface area (Å²) in [6, 6.07) is 0. The van der Waals surface area contributed by atoms with Crippen LogP contribution in [0.25, 0.3) is 0 Å². The van der Waals surface area contributed by atoms with Crippen LogP contribution in [-0.2, 0) is 14.3 Å². The Morgan fingerprint density at radius 1 is 1.31 bits per heavy atom. The fourth-order valence-electron chi connectivity index (χ4n) is 1.47. The van der Waals surface area contributed by atoms with Crippen molar-refractivity contribution in [3.63, 3.8) is 0 Å². The van der Waals surface area contributed by atoms with Crippen LogP contribution in [0.1, 0.15) is 26.7 Å². The summed E-state index contributed by atoms with van der Waals surface area (Å²) in [6.45, 7) is 5.65. The van der Waals surface area contributed by atoms with Gasteiger partial charge in [0.2, 0.25) is 0 Å². The number of hydrogen-bond acceptors (Lipinski definition) is 3. The van der Waals surface area contributed by atoms with E-state index < -0.39 is 11.8 Å². The monoisotopic (exact) mass is 228 g/mol. The number of amides is 2. The zero-order valence-corrected chi connectivity index (χ0v) is 9.91. The maximum Gasteiger partial charge on any atom is 0.309 e. The summed E-state index contributed by atoms with van der Waals surface area (Å²) in [5.74, 6) is -0.794. The van der Waals surface area contributed by atoms with Gasteiger partial charge in [-0.3, -0.25) is 9.59 Å². The molecule has 0 aromatic rings. The Morgan fingerprint density at radius 2 is 2.00 bits per heavy atom. The molecule has 0 bridgehead atoms. The van der Waals surface area contributed by atoms with Gasteiger partial charge >= 0.3 is 11.8 Å². The van der Waals surface area contributed by atoms with Crippen molar-refractivity contribution in [2.24, 2.45) is 5.92 Å². The molecule has 0 aromatic heterocycles. The van der Waals surface area contributed by atoms with Gasteiger partial charge < -0.3 is 15.4 Å². The van der Waals surface area contributed by atoms with Gasteiger partial charge in [0.15, 0.2) is 0 Å². The molecule has 16 heavy (non-hydrogen) atoms. The molecule has 0 aliphatic carbocycles. The third kappa shape index (κ3) is 4.61. The number of carbonyl (C=O) groups excluding carboxylic acids is 2. The number of hydrogen-bond donors (Lipinski definition) is 2. The van der Waals surface area contributed by atoms with Gasteiger partial charge in [0.25, 0.3) is 0 Å². The van der Waals surface area contributed by atoms with Gasteiger partial charge in [-0.05, 0) is 18.8 Å². The molecule has 1 saturated heterocycles. The lowest BCUT2D eigenvalue weighted by Crippen LogP contribution is -2.43. The predicted molar refractivity (Wildman–Crippen MR) is 59.8 cm³/mol. The summed E-state index contributed by atoms with van der Waals surface area (Å²) in [7, 11) is 0. The van der Waals surface area contributed by atoms with Crippen molar-refractivity contribution in [2.75, 3.05) is 19.7 Å². The molecule has 1 aliphatic heterocycles. The Kier molecular flexibility index (Phi) is 5.25. The van der Waals surface area contributed by atoms with Crippen molar-refractivity contribution < 1.29 is 14.3 Å². The fraction of sp³-hybridized carbons (Fsp3) is 0.818. The average molecular weight is 228 g/mol. The van der Waals surface area contributed by atoms with E-state index in [0.717, 1.165) is 19.4 Å². The lowest BCUT2D eigenvalue weighted by atomic mass is 10.2. The minimum atomic E-state index is -0.573. The molecule has 1 aliphatic rings. The van der Waals surface area contributed by atoms with Crippen LogP contribution in [0.15, 0.2) is 0 Å². The lowest BCUT2D eigenvalue weighted by Gasteiger charge is -2.11. The number of nitrogens with one attached hydrogen (secondary N) is 2. The predicted octanol–water partition coefficient (Wildman–Crippen LogP) is 0.0538. The van der Waals surface area contributed by atoms with E-state index in [-0.39, 0.29) is 6.10 Å². The minimum absolute atomic E-state index is 0.0712. The molecule has 0 spiro atoms. The van der Waals surface area contributed by atoms with Crippen LogP contribution in [-0.4, -0.2) is 37.6 Å². The lowest BCUT2D eigenvalue weighted by molar-refractivity contribution is -0.139. The van der Waals surface area contributed by atoms with Crippen LogP contribution in [0.5, 0.6) is 0 Å². The normalized spacial score (nSPS) is 19.8. The Hall–Kier alpha value is -1.10. The molecule has 92 valence electrons. The van der Waals surface area contributed by atoms with E-state index in [4.69, 9.17) is 4.74 Å². The first-order valence-electron chi connectivity index (χ1n) is 5.77. The second-order valence-corrected chi connectivity index (χ2v) is 4.45. The molecule has 0 aromatic carbocycles. The molecule has 5 nitrogen and oxygen atoms in total. The van der Waals surface area contributed by atoms with Crippen LogP contribution in [0.4, 0.5) is 0 Å². The maximum atomic E-state index is 11.3. The zero-order valence-electron chi connectivity index (χ0n) is 9.91. The van der Waals surface area contributed by atoms with E-state index >= 15 is 0 Å². The molecule has 0 radical (unpaired) electrons. The second-order valence-electron chi connectivity index (χ2n) is 4.45. The van der Waals surface area contributed by atoms with Crippen molar-refractivity contribution >= 4 is 11.8 Å². The molecule has 0 unspecified atom stereocenters. The molecule has 1 atom stereocenters. The first-order valence-corrected chi connectivity index (χ1v) is 5.77. The number of ether oxygens (including phenoxy) is 1. The molecular weight excluding hydrogens is 208 g/mol. The van der Waals surface area contributed by atoms with Crippen LogP contribution < -0.4 is 10.6 Å². The number of carbonyl (C=O) groups is 2. The van der Waals surface area contributed by atoms with Crippen molar-refractivity contribution in [1.29, 1.82) is 0 Å². The van der Waals surface area contributed by atoms with E-state index in [1.165, 1.54) is 0 Å². The average Bonchev–Trinajstić information content (AvgIpc) is 2.75. The Bertz CT molecular complexity index is 248. The standard InChI is InChI=1S/C11H20N2O3/c1-8(2)6-12-10(14)11(15)13-7-9-4-3-5-16-9/h8-9H,3-7H2,1-2H3,(H,12,14)(H,13,15)/t9-/m0/s1. The molecule has 2 N–H and O–H groups in total. The molecule has 2 amide bonds. The van der Waals surface area contributed by atoms with E-state index in [1.54, 1.807) is 0 Å². The van der Waals surface area contributed by atoms with Gasteiger partial charge in [0, 0.05) is 19.7 Å². The molecular formula is C11H20N2O3. The molecule has 0 saturated carbocycles. The maximum absolute atomic E-state index is 11.3. The summed E-state index contributed by atoms with van der Waals surface area (Å²) in [5.41, 5.74) is 0. The van der Waals surface area contributed by atoms with Crippen molar-refractivity contribution in [3.05, 3.63) is 0 Å². The molecule has 1 fully saturated rings. The molecule has 1 rings (SSSR count). The van der Waals surface area contributed by atoms with Crippen LogP contribution in [0.3, 0.4) is 0 Å². The summed E-state index contributed by atoms with van der Waals surface area (Å²) >= 11 is 0. The molecule has 1 heterocycles. The summed E-state index contributed by atoms with van der Waals surface area (Å²) in [4.78, 5) is 22.6. The summed E-state index contributed by atoms with van der Waals surface area (Å²) in [6.07, 6.45) is 2.05. The smallest absolute Gasteiger partial charge is 0.309 e. The van der Waals surface area contributed by atoms with Crippen LogP contribution in [0.2, 0.25) is 0 Å². The van der Waals surface area contributed by atoms with Crippen molar-refractivity contribution in [3.8, 4) is 0 Å². The third-order valence-corrected chi connectivity index (χ3v) is 2.39. The topological polar surface area (TPSA) is 67.4 Å². The van der Waals surface area contributed by atoms with Gasteiger partial charge in [0.05, 0.1) is 6.10 Å². The van der Waals surface area contributed by atoms with Gasteiger partial charge in [-0.15, -0.1) is 0 Å². The highest BCUT2D eigenvalue weighted by molar-refractivity contribution is 6.35. The highest BCUT2D eigenvalue weighted by atomic mass is 16.5. The van der Waals surface area contributed by atoms with Crippen LogP contribution in [0, 0.1) is 5.92 Å². The third-order valence-electron chi connectivity index (χ3n) is 2.39. The highest BCUT2D eigenvalue weighted by Gasteiger charge is 2.18. The van der Waals surface area contributed by atoms with E-state index in [2.05, 4.69) is 10.6 Å². The van der Waals surface area contributed by atoms with Crippen LogP contribution >= 0.6 is 0 Å². The van der Waals surface area contributed by atoms with E-state index in [0.29, 0.717) is 19.0 Å². The van der Waals surface area contributed by atoms with Crippen molar-refractivity contribution in [1.82, 2.24) is 10.6 Å². The van der Waals surface area contributed by atoms with Gasteiger partial charge in [-0.2, -0.15) is 0 Å². The van der Waals surface area contributed by atoms with Crippen molar-refractivity contribution in [2.45, 2.75) is 32.8 Å². The first kappa shape index (κ1) is 13.0. The number of rotatable bonds is 4. The second kappa shape index (κ2) is 6.48. The largest absolute Gasteiger partial charge is 0.376 e. The van der Waals surface area contributed by atoms with E-state index in [9.17, 15) is 9.59 Å². The SMILES string of the molecule is CC(C)CNC(=O)C(=O)NC[C@@H]1CCCO1. The Morgan fingerprint density at radius 3 is 2.56 bits per heavy atom. The highest BCUT2D eigenvalue weighted by Crippen LogP contribution is 2.10. The zero-order chi connectivity index (χ0) is 12.0. The minimum Gasteiger partial charge on any atom is -0.376 e.